The van der Waals surface area contributed by atoms with E-state index in [4.69, 9.17) is 10.7 Å². The van der Waals surface area contributed by atoms with E-state index in [0.717, 1.165) is 35.4 Å². The van der Waals surface area contributed by atoms with Crippen LogP contribution in [0.3, 0.4) is 0 Å². The lowest BCUT2D eigenvalue weighted by Gasteiger charge is -2.26. The first-order valence-corrected chi connectivity index (χ1v) is 15.6. The Morgan fingerprint density at radius 3 is 2.09 bits per heavy atom. The monoisotopic (exact) mass is 566 g/mol. The predicted octanol–water partition coefficient (Wildman–Crippen LogP) is 9.94. The molecule has 2 N–H and O–H groups in total. The zero-order chi connectivity index (χ0) is 29.5. The first-order chi connectivity index (χ1) is 21.7. The summed E-state index contributed by atoms with van der Waals surface area (Å²) >= 11 is 0. The van der Waals surface area contributed by atoms with Crippen molar-refractivity contribution < 1.29 is 0 Å². The summed E-state index contributed by atoms with van der Waals surface area (Å²) in [5, 5.41) is 2.50. The van der Waals surface area contributed by atoms with Crippen molar-refractivity contribution >= 4 is 16.3 Å². The number of hydrogen-bond donors (Lipinski definition) is 1. The first-order valence-electron chi connectivity index (χ1n) is 15.6. The van der Waals surface area contributed by atoms with Gasteiger partial charge < -0.3 is 5.73 Å². The van der Waals surface area contributed by atoms with Crippen LogP contribution in [0.5, 0.6) is 0 Å². The first kappa shape index (κ1) is 26.6. The lowest BCUT2D eigenvalue weighted by molar-refractivity contribution is 0.551. The summed E-state index contributed by atoms with van der Waals surface area (Å²) in [6, 6.07) is 49.8. The van der Waals surface area contributed by atoms with Gasteiger partial charge in [-0.15, -0.1) is 0 Å². The fourth-order valence-electron chi connectivity index (χ4n) is 6.77. The molecular formula is C42H34N2. The van der Waals surface area contributed by atoms with Crippen LogP contribution in [-0.2, 0) is 6.42 Å². The molecule has 2 nitrogen and oxygen atoms in total. The van der Waals surface area contributed by atoms with Crippen LogP contribution in [-0.4, -0.2) is 4.98 Å². The van der Waals surface area contributed by atoms with E-state index in [0.29, 0.717) is 5.92 Å². The van der Waals surface area contributed by atoms with E-state index in [-0.39, 0.29) is 12.0 Å². The van der Waals surface area contributed by atoms with Crippen molar-refractivity contribution in [2.24, 2.45) is 11.7 Å². The molecule has 3 unspecified atom stereocenters. The molecule has 8 rings (SSSR count). The van der Waals surface area contributed by atoms with E-state index < -0.39 is 0 Å². The second-order valence-corrected chi connectivity index (χ2v) is 12.2. The Labute approximate surface area is 259 Å². The van der Waals surface area contributed by atoms with Crippen molar-refractivity contribution in [2.75, 3.05) is 0 Å². The highest BCUT2D eigenvalue weighted by Gasteiger charge is 2.37. The van der Waals surface area contributed by atoms with Crippen molar-refractivity contribution in [3.8, 4) is 22.4 Å². The van der Waals surface area contributed by atoms with Gasteiger partial charge in [0.05, 0.1) is 11.4 Å². The molecule has 0 saturated heterocycles. The summed E-state index contributed by atoms with van der Waals surface area (Å²) in [5.74, 6) is 0.645. The normalized spacial score (nSPS) is 16.6. The van der Waals surface area contributed by atoms with Gasteiger partial charge >= 0.3 is 0 Å². The molecular weight excluding hydrogens is 532 g/mol. The third-order valence-corrected chi connectivity index (χ3v) is 9.31. The van der Waals surface area contributed by atoms with E-state index >= 15 is 0 Å². The van der Waals surface area contributed by atoms with E-state index in [2.05, 4.69) is 152 Å². The van der Waals surface area contributed by atoms with Crippen molar-refractivity contribution in [1.82, 2.24) is 4.98 Å². The molecule has 2 heteroatoms. The molecule has 212 valence electrons. The minimum atomic E-state index is -0.137. The fraction of sp³-hybridized carbons (Fsp3) is 0.119. The van der Waals surface area contributed by atoms with Crippen molar-refractivity contribution in [1.29, 1.82) is 0 Å². The molecule has 6 aromatic rings. The average Bonchev–Trinajstić information content (AvgIpc) is 3.75. The number of nitrogens with zero attached hydrogens (tertiary/aromatic N) is 1. The smallest absolute Gasteiger partial charge is 0.0715 e. The minimum absolute atomic E-state index is 0.110. The van der Waals surface area contributed by atoms with Gasteiger partial charge in [-0.25, -0.2) is 4.98 Å². The highest BCUT2D eigenvalue weighted by atomic mass is 14.7. The molecule has 0 spiro atoms. The predicted molar refractivity (Wildman–Crippen MR) is 183 cm³/mol. The lowest BCUT2D eigenvalue weighted by Crippen LogP contribution is -2.22. The Hall–Kier alpha value is -5.05. The van der Waals surface area contributed by atoms with Crippen LogP contribution >= 0.6 is 0 Å². The summed E-state index contributed by atoms with van der Waals surface area (Å²) < 4.78 is 0. The van der Waals surface area contributed by atoms with Crippen LogP contribution in [0.4, 0.5) is 0 Å². The molecule has 44 heavy (non-hydrogen) atoms. The van der Waals surface area contributed by atoms with Gasteiger partial charge in [-0.05, 0) is 81.3 Å². The van der Waals surface area contributed by atoms with Gasteiger partial charge in [0.15, 0.2) is 0 Å². The van der Waals surface area contributed by atoms with Crippen LogP contribution in [0, 0.1) is 5.92 Å². The zero-order valence-corrected chi connectivity index (χ0v) is 24.6. The van der Waals surface area contributed by atoms with Crippen LogP contribution in [0.2, 0.25) is 0 Å². The third-order valence-electron chi connectivity index (χ3n) is 9.31. The molecule has 1 saturated carbocycles. The maximum atomic E-state index is 7.05. The highest BCUT2D eigenvalue weighted by molar-refractivity contribution is 5.89. The summed E-state index contributed by atoms with van der Waals surface area (Å²) in [4.78, 5) is 5.31. The second kappa shape index (κ2) is 11.2. The molecule has 0 amide bonds. The third kappa shape index (κ3) is 5.19. The van der Waals surface area contributed by atoms with Crippen LogP contribution in [0.25, 0.3) is 38.7 Å². The van der Waals surface area contributed by atoms with Crippen molar-refractivity contribution in [2.45, 2.75) is 24.8 Å². The van der Waals surface area contributed by atoms with Crippen LogP contribution < -0.4 is 5.73 Å². The molecule has 1 heterocycles. The maximum absolute atomic E-state index is 7.05. The number of pyridine rings is 1. The highest BCUT2D eigenvalue weighted by Crippen LogP contribution is 2.52. The standard InChI is InChI=1S/C42H34N2/c43-42(30-13-5-2-6-14-30)39(22-28-10-3-1-4-11-28)33-16-9-17-35(24-33)40-26-36(27-41(44-40)37-21-20-34-25-38(34)37)32-19-18-29-12-7-8-15-31(29)23-32/h1-21,23-24,26-27,38-39,42H,22,25,43H2. The van der Waals surface area contributed by atoms with E-state index in [9.17, 15) is 0 Å². The summed E-state index contributed by atoms with van der Waals surface area (Å²) in [7, 11) is 0. The molecule has 0 radical (unpaired) electrons. The number of nitrogens with two attached hydrogens (primary N) is 1. The van der Waals surface area contributed by atoms with Crippen LogP contribution in [0.1, 0.15) is 40.8 Å². The van der Waals surface area contributed by atoms with Crippen molar-refractivity contribution in [3.05, 3.63) is 180 Å². The number of fused-ring (bicyclic) bond motifs is 2. The lowest BCUT2D eigenvalue weighted by atomic mass is 9.82. The molecule has 1 fully saturated rings. The van der Waals surface area contributed by atoms with E-state index in [1.54, 1.807) is 0 Å². The number of hydrogen-bond acceptors (Lipinski definition) is 2. The Morgan fingerprint density at radius 2 is 1.32 bits per heavy atom. The molecule has 0 bridgehead atoms. The fourth-order valence-corrected chi connectivity index (χ4v) is 6.77. The van der Waals surface area contributed by atoms with Gasteiger partial charge in [-0.2, -0.15) is 0 Å². The molecule has 5 aromatic carbocycles. The van der Waals surface area contributed by atoms with Gasteiger partial charge in [0, 0.05) is 23.4 Å². The van der Waals surface area contributed by atoms with Gasteiger partial charge in [-0.3, -0.25) is 0 Å². The number of benzene rings is 5. The molecule has 2 aliphatic carbocycles. The molecule has 0 aliphatic heterocycles. The molecule has 1 aromatic heterocycles. The number of allylic oxidation sites excluding steroid dienone is 4. The summed E-state index contributed by atoms with van der Waals surface area (Å²) in [6.07, 6.45) is 6.57. The van der Waals surface area contributed by atoms with Gasteiger partial charge in [0.1, 0.15) is 0 Å². The van der Waals surface area contributed by atoms with E-state index in [1.807, 2.05) is 0 Å². The summed E-state index contributed by atoms with van der Waals surface area (Å²) in [5.41, 5.74) is 19.2. The van der Waals surface area contributed by atoms with Gasteiger partial charge in [0.25, 0.3) is 0 Å². The van der Waals surface area contributed by atoms with Crippen LogP contribution in [0.15, 0.2) is 157 Å². The Balaban J connectivity index is 1.23. The van der Waals surface area contributed by atoms with Crippen molar-refractivity contribution in [3.63, 3.8) is 0 Å². The Bertz CT molecular complexity index is 2040. The Morgan fingerprint density at radius 1 is 0.591 bits per heavy atom. The Kier molecular flexibility index (Phi) is 6.78. The molecule has 3 atom stereocenters. The minimum Gasteiger partial charge on any atom is -0.323 e. The summed E-state index contributed by atoms with van der Waals surface area (Å²) in [6.45, 7) is 0. The van der Waals surface area contributed by atoms with Gasteiger partial charge in [0.2, 0.25) is 0 Å². The maximum Gasteiger partial charge on any atom is 0.0715 e. The van der Waals surface area contributed by atoms with Gasteiger partial charge in [-0.1, -0.05) is 133 Å². The number of aromatic nitrogens is 1. The zero-order valence-electron chi connectivity index (χ0n) is 24.6. The molecule has 2 aliphatic rings. The quantitative estimate of drug-likeness (QED) is 0.199. The SMILES string of the molecule is NC(c1ccccc1)C(Cc1ccccc1)c1cccc(-c2cc(-c3ccc4ccccc4c3)cc(C3=CC=C4CC43)n2)c1. The topological polar surface area (TPSA) is 38.9 Å². The largest absolute Gasteiger partial charge is 0.323 e. The van der Waals surface area contributed by atoms with E-state index in [1.165, 1.54) is 44.2 Å². The number of rotatable bonds is 8. The average molecular weight is 567 g/mol. The second-order valence-electron chi connectivity index (χ2n) is 12.2.